The third kappa shape index (κ3) is 4.66. The van der Waals surface area contributed by atoms with Crippen LogP contribution in [0.15, 0.2) is 0 Å². The molecule has 2 unspecified atom stereocenters. The second kappa shape index (κ2) is 7.05. The minimum atomic E-state index is -4.49. The maximum absolute atomic E-state index is 12.8. The molecule has 1 amide bonds. The predicted octanol–water partition coefficient (Wildman–Crippen LogP) is 1.79. The number of hydrogen-bond acceptors (Lipinski definition) is 4. The van der Waals surface area contributed by atoms with Crippen molar-refractivity contribution in [1.29, 1.82) is 0 Å². The van der Waals surface area contributed by atoms with Crippen molar-refractivity contribution >= 4 is 16.1 Å². The van der Waals surface area contributed by atoms with Gasteiger partial charge >= 0.3 is 10.2 Å². The van der Waals surface area contributed by atoms with E-state index in [9.17, 15) is 17.1 Å². The first-order valence-electron chi connectivity index (χ1n) is 8.85. The van der Waals surface area contributed by atoms with Crippen LogP contribution >= 0.6 is 0 Å². The van der Waals surface area contributed by atoms with E-state index in [0.29, 0.717) is 19.0 Å². The molecule has 0 bridgehead atoms. The molecule has 1 aliphatic carbocycles. The summed E-state index contributed by atoms with van der Waals surface area (Å²) in [5.74, 6) is -0.452. The third-order valence-electron chi connectivity index (χ3n) is 5.60. The van der Waals surface area contributed by atoms with Crippen molar-refractivity contribution in [1.82, 2.24) is 9.80 Å². The summed E-state index contributed by atoms with van der Waals surface area (Å²) in [5, 5.41) is 0. The highest BCUT2D eigenvalue weighted by Gasteiger charge is 2.35. The minimum absolute atomic E-state index is 0.0170. The van der Waals surface area contributed by atoms with Crippen molar-refractivity contribution < 1.29 is 17.1 Å². The molecule has 3 fully saturated rings. The van der Waals surface area contributed by atoms with Crippen LogP contribution in [-0.2, 0) is 15.0 Å². The summed E-state index contributed by atoms with van der Waals surface area (Å²) in [6, 6.07) is 0.719. The lowest BCUT2D eigenvalue weighted by atomic mass is 9.95. The fraction of sp³-hybridized carbons (Fsp3) is 0.938. The Kier molecular flexibility index (Phi) is 5.26. The Morgan fingerprint density at radius 3 is 2.48 bits per heavy atom. The average Bonchev–Trinajstić information content (AvgIpc) is 3.08. The van der Waals surface area contributed by atoms with E-state index in [1.807, 2.05) is 0 Å². The Morgan fingerprint density at radius 1 is 1.04 bits per heavy atom. The Balaban J connectivity index is 1.51. The highest BCUT2D eigenvalue weighted by Crippen LogP contribution is 2.29. The molecular weight excluding hydrogens is 319 g/mol. The van der Waals surface area contributed by atoms with Gasteiger partial charge in [0, 0.05) is 38.0 Å². The van der Waals surface area contributed by atoms with Crippen LogP contribution in [0.1, 0.15) is 44.9 Å². The predicted molar refractivity (Wildman–Crippen MR) is 86.1 cm³/mol. The van der Waals surface area contributed by atoms with Crippen LogP contribution in [0.3, 0.4) is 0 Å². The zero-order chi connectivity index (χ0) is 16.4. The zero-order valence-electron chi connectivity index (χ0n) is 13.6. The number of likely N-dealkylation sites (tertiary alicyclic amines) is 2. The van der Waals surface area contributed by atoms with Gasteiger partial charge in [-0.2, -0.15) is 8.42 Å². The van der Waals surface area contributed by atoms with Gasteiger partial charge in [-0.15, -0.1) is 3.89 Å². The van der Waals surface area contributed by atoms with Crippen LogP contribution < -0.4 is 0 Å². The van der Waals surface area contributed by atoms with E-state index in [0.717, 1.165) is 25.6 Å². The number of rotatable bonds is 5. The molecule has 2 heterocycles. The Bertz CT molecular complexity index is 533. The van der Waals surface area contributed by atoms with Crippen LogP contribution in [-0.4, -0.2) is 62.1 Å². The number of carbonyl (C=O) groups is 1. The standard InChI is InChI=1S/C16H27FN2O3S/c17-23(21,22)12-14-8-16(20)19(11-14)10-13-4-3-7-18(9-13)15-5-1-2-6-15/h13-15H,1-12H2. The molecule has 23 heavy (non-hydrogen) atoms. The van der Waals surface area contributed by atoms with Crippen molar-refractivity contribution in [2.24, 2.45) is 11.8 Å². The summed E-state index contributed by atoms with van der Waals surface area (Å²) in [6.45, 7) is 3.30. The largest absolute Gasteiger partial charge is 0.342 e. The van der Waals surface area contributed by atoms with E-state index in [2.05, 4.69) is 4.90 Å². The molecular formula is C16H27FN2O3S. The van der Waals surface area contributed by atoms with E-state index < -0.39 is 16.0 Å². The Labute approximate surface area is 138 Å². The van der Waals surface area contributed by atoms with E-state index >= 15 is 0 Å². The monoisotopic (exact) mass is 346 g/mol. The molecule has 7 heteroatoms. The SMILES string of the molecule is O=C1CC(CS(=O)(=O)F)CN1CC1CCCN(C2CCCC2)C1. The molecule has 5 nitrogen and oxygen atoms in total. The summed E-state index contributed by atoms with van der Waals surface area (Å²) in [4.78, 5) is 16.4. The second-order valence-corrected chi connectivity index (χ2v) is 8.93. The first kappa shape index (κ1) is 17.1. The van der Waals surface area contributed by atoms with Gasteiger partial charge in [0.25, 0.3) is 0 Å². The van der Waals surface area contributed by atoms with Crippen molar-refractivity contribution in [2.75, 3.05) is 31.9 Å². The van der Waals surface area contributed by atoms with Crippen molar-refractivity contribution in [2.45, 2.75) is 51.0 Å². The zero-order valence-corrected chi connectivity index (χ0v) is 14.4. The molecule has 0 aromatic carbocycles. The molecule has 3 aliphatic rings. The van der Waals surface area contributed by atoms with Gasteiger partial charge in [-0.05, 0) is 38.1 Å². The van der Waals surface area contributed by atoms with Gasteiger partial charge in [0.1, 0.15) is 0 Å². The molecule has 2 atom stereocenters. The summed E-state index contributed by atoms with van der Waals surface area (Å²) >= 11 is 0. The minimum Gasteiger partial charge on any atom is -0.342 e. The number of nitrogens with zero attached hydrogens (tertiary/aromatic N) is 2. The molecule has 2 saturated heterocycles. The van der Waals surface area contributed by atoms with Crippen molar-refractivity contribution in [3.63, 3.8) is 0 Å². The van der Waals surface area contributed by atoms with E-state index in [1.165, 1.54) is 32.1 Å². The van der Waals surface area contributed by atoms with Crippen LogP contribution in [0.5, 0.6) is 0 Å². The maximum atomic E-state index is 12.8. The number of carbonyl (C=O) groups excluding carboxylic acids is 1. The first-order valence-corrected chi connectivity index (χ1v) is 10.4. The summed E-state index contributed by atoms with van der Waals surface area (Å²) < 4.78 is 34.4. The second-order valence-electron chi connectivity index (χ2n) is 7.52. The number of hydrogen-bond donors (Lipinski definition) is 0. The molecule has 132 valence electrons. The summed E-state index contributed by atoms with van der Waals surface area (Å²) in [6.07, 6.45) is 7.72. The number of amides is 1. The quantitative estimate of drug-likeness (QED) is 0.712. The van der Waals surface area contributed by atoms with Gasteiger partial charge in [0.2, 0.25) is 5.91 Å². The topological polar surface area (TPSA) is 57.7 Å². The molecule has 3 rings (SSSR count). The lowest BCUT2D eigenvalue weighted by Gasteiger charge is -2.38. The van der Waals surface area contributed by atoms with Gasteiger partial charge in [0.15, 0.2) is 0 Å². The third-order valence-corrected chi connectivity index (χ3v) is 6.47. The first-order chi connectivity index (χ1) is 10.9. The molecule has 0 spiro atoms. The van der Waals surface area contributed by atoms with Crippen molar-refractivity contribution in [3.8, 4) is 0 Å². The van der Waals surface area contributed by atoms with E-state index in [4.69, 9.17) is 0 Å². The summed E-state index contributed by atoms with van der Waals surface area (Å²) in [7, 11) is -4.49. The average molecular weight is 346 g/mol. The van der Waals surface area contributed by atoms with Crippen LogP contribution in [0, 0.1) is 11.8 Å². The highest BCUT2D eigenvalue weighted by atomic mass is 32.3. The molecule has 2 aliphatic heterocycles. The lowest BCUT2D eigenvalue weighted by molar-refractivity contribution is -0.128. The maximum Gasteiger partial charge on any atom is 0.302 e. The normalized spacial score (nSPS) is 31.2. The van der Waals surface area contributed by atoms with E-state index in [1.54, 1.807) is 4.90 Å². The van der Waals surface area contributed by atoms with Gasteiger partial charge < -0.3 is 9.80 Å². The molecule has 0 N–H and O–H groups in total. The Hall–Kier alpha value is -0.690. The van der Waals surface area contributed by atoms with Crippen LogP contribution in [0.4, 0.5) is 3.89 Å². The Morgan fingerprint density at radius 2 is 1.78 bits per heavy atom. The summed E-state index contributed by atoms with van der Waals surface area (Å²) in [5.41, 5.74) is 0. The van der Waals surface area contributed by atoms with Gasteiger partial charge in [0.05, 0.1) is 5.75 Å². The van der Waals surface area contributed by atoms with Crippen LogP contribution in [0.2, 0.25) is 0 Å². The number of halogens is 1. The fourth-order valence-electron chi connectivity index (χ4n) is 4.58. The van der Waals surface area contributed by atoms with Crippen molar-refractivity contribution in [3.05, 3.63) is 0 Å². The smallest absolute Gasteiger partial charge is 0.302 e. The molecule has 1 saturated carbocycles. The molecule has 0 radical (unpaired) electrons. The van der Waals surface area contributed by atoms with E-state index in [-0.39, 0.29) is 18.2 Å². The van der Waals surface area contributed by atoms with Gasteiger partial charge in [-0.25, -0.2) is 0 Å². The fourth-order valence-corrected chi connectivity index (χ4v) is 5.37. The van der Waals surface area contributed by atoms with Gasteiger partial charge in [-0.3, -0.25) is 4.79 Å². The van der Waals surface area contributed by atoms with Crippen LogP contribution in [0.25, 0.3) is 0 Å². The number of piperidine rings is 1. The van der Waals surface area contributed by atoms with Gasteiger partial charge in [-0.1, -0.05) is 12.8 Å². The highest BCUT2D eigenvalue weighted by molar-refractivity contribution is 7.86. The lowest BCUT2D eigenvalue weighted by Crippen LogP contribution is -2.45. The molecule has 0 aromatic heterocycles. The molecule has 0 aromatic rings.